The highest BCUT2D eigenvalue weighted by molar-refractivity contribution is 7.89. The molecule has 112 valence electrons. The van der Waals surface area contributed by atoms with Crippen LogP contribution in [0.3, 0.4) is 0 Å². The minimum atomic E-state index is -4.20. The third-order valence-electron chi connectivity index (χ3n) is 3.25. The van der Waals surface area contributed by atoms with Crippen LogP contribution in [-0.4, -0.2) is 32.8 Å². The summed E-state index contributed by atoms with van der Waals surface area (Å²) in [7, 11) is -3.64. The lowest BCUT2D eigenvalue weighted by atomic mass is 9.81. The molecule has 0 aromatic rings. The summed E-state index contributed by atoms with van der Waals surface area (Å²) >= 11 is 0. The summed E-state index contributed by atoms with van der Waals surface area (Å²) in [4.78, 5) is 11.6. The van der Waals surface area contributed by atoms with Crippen LogP contribution in [0.4, 0.5) is 13.2 Å². The van der Waals surface area contributed by atoms with Gasteiger partial charge in [0.15, 0.2) is 0 Å². The molecule has 1 aliphatic rings. The number of primary sulfonamides is 1. The zero-order chi connectivity index (χ0) is 14.7. The topological polar surface area (TPSA) is 89.3 Å². The summed E-state index contributed by atoms with van der Waals surface area (Å²) in [6.45, 7) is -0.114. The average molecular weight is 302 g/mol. The SMILES string of the molecule is NS(=O)(=O)CCNC(=O)C1CCC(C(F)(F)F)CC1. The highest BCUT2D eigenvalue weighted by atomic mass is 32.2. The van der Waals surface area contributed by atoms with Crippen LogP contribution in [0.1, 0.15) is 25.7 Å². The van der Waals surface area contributed by atoms with Crippen molar-refractivity contribution in [3.05, 3.63) is 0 Å². The zero-order valence-corrected chi connectivity index (χ0v) is 11.1. The highest BCUT2D eigenvalue weighted by Gasteiger charge is 2.42. The summed E-state index contributed by atoms with van der Waals surface area (Å²) in [6, 6.07) is 0. The van der Waals surface area contributed by atoms with Crippen molar-refractivity contribution in [1.82, 2.24) is 5.32 Å². The van der Waals surface area contributed by atoms with Crippen LogP contribution in [0, 0.1) is 11.8 Å². The van der Waals surface area contributed by atoms with Crippen molar-refractivity contribution in [2.75, 3.05) is 12.3 Å². The van der Waals surface area contributed by atoms with E-state index < -0.39 is 33.9 Å². The molecular formula is C10H17F3N2O3S. The van der Waals surface area contributed by atoms with E-state index in [-0.39, 0.29) is 38.0 Å². The summed E-state index contributed by atoms with van der Waals surface area (Å²) in [5.41, 5.74) is 0. The fraction of sp³-hybridized carbons (Fsp3) is 0.900. The maximum atomic E-state index is 12.4. The summed E-state index contributed by atoms with van der Waals surface area (Å²) < 4.78 is 58.6. The molecule has 1 fully saturated rings. The van der Waals surface area contributed by atoms with Gasteiger partial charge in [-0.25, -0.2) is 13.6 Å². The Hall–Kier alpha value is -0.830. The van der Waals surface area contributed by atoms with Crippen LogP contribution in [0.25, 0.3) is 0 Å². The van der Waals surface area contributed by atoms with Crippen molar-refractivity contribution in [2.45, 2.75) is 31.9 Å². The Kier molecular flexibility index (Phi) is 5.19. The van der Waals surface area contributed by atoms with Crippen molar-refractivity contribution < 1.29 is 26.4 Å². The molecule has 0 aliphatic heterocycles. The molecule has 0 atom stereocenters. The number of sulfonamides is 1. The average Bonchev–Trinajstić information content (AvgIpc) is 2.26. The molecule has 1 saturated carbocycles. The number of hydrogen-bond acceptors (Lipinski definition) is 3. The van der Waals surface area contributed by atoms with Crippen LogP contribution >= 0.6 is 0 Å². The second-order valence-electron chi connectivity index (χ2n) is 4.75. The Bertz CT molecular complexity index is 414. The van der Waals surface area contributed by atoms with Gasteiger partial charge in [0, 0.05) is 12.5 Å². The molecule has 9 heteroatoms. The van der Waals surface area contributed by atoms with E-state index in [0.29, 0.717) is 0 Å². The molecule has 0 unspecified atom stereocenters. The first kappa shape index (κ1) is 16.2. The number of rotatable bonds is 4. The highest BCUT2D eigenvalue weighted by Crippen LogP contribution is 2.39. The minimum absolute atomic E-state index is 0.0588. The first-order chi connectivity index (χ1) is 8.59. The van der Waals surface area contributed by atoms with Gasteiger partial charge >= 0.3 is 6.18 Å². The Balaban J connectivity index is 2.33. The van der Waals surface area contributed by atoms with E-state index in [1.54, 1.807) is 0 Å². The lowest BCUT2D eigenvalue weighted by molar-refractivity contribution is -0.184. The van der Waals surface area contributed by atoms with Gasteiger partial charge in [0.1, 0.15) is 0 Å². The van der Waals surface area contributed by atoms with Gasteiger partial charge < -0.3 is 5.32 Å². The monoisotopic (exact) mass is 302 g/mol. The molecule has 0 saturated heterocycles. The predicted octanol–water partition coefficient (Wildman–Crippen LogP) is 0.760. The van der Waals surface area contributed by atoms with Gasteiger partial charge in [-0.15, -0.1) is 0 Å². The van der Waals surface area contributed by atoms with Gasteiger partial charge in [-0.2, -0.15) is 13.2 Å². The number of nitrogens with two attached hydrogens (primary N) is 1. The quantitative estimate of drug-likeness (QED) is 0.803. The molecule has 5 nitrogen and oxygen atoms in total. The van der Waals surface area contributed by atoms with Crippen LogP contribution in [0.5, 0.6) is 0 Å². The van der Waals surface area contributed by atoms with E-state index in [1.165, 1.54) is 0 Å². The van der Waals surface area contributed by atoms with Gasteiger partial charge in [-0.05, 0) is 25.7 Å². The Morgan fingerprint density at radius 2 is 1.74 bits per heavy atom. The number of carbonyl (C=O) groups excluding carboxylic acids is 1. The maximum Gasteiger partial charge on any atom is 0.391 e. The van der Waals surface area contributed by atoms with E-state index in [1.807, 2.05) is 0 Å². The van der Waals surface area contributed by atoms with E-state index in [2.05, 4.69) is 5.32 Å². The lowest BCUT2D eigenvalue weighted by Gasteiger charge is -2.29. The number of nitrogens with one attached hydrogen (secondary N) is 1. The molecule has 1 amide bonds. The Morgan fingerprint density at radius 3 is 2.16 bits per heavy atom. The van der Waals surface area contributed by atoms with Gasteiger partial charge in [0.2, 0.25) is 15.9 Å². The molecule has 0 spiro atoms. The molecule has 1 aliphatic carbocycles. The second kappa shape index (κ2) is 6.08. The van der Waals surface area contributed by atoms with Crippen LogP contribution < -0.4 is 10.5 Å². The lowest BCUT2D eigenvalue weighted by Crippen LogP contribution is -2.38. The molecule has 3 N–H and O–H groups in total. The van der Waals surface area contributed by atoms with Crippen molar-refractivity contribution >= 4 is 15.9 Å². The minimum Gasteiger partial charge on any atom is -0.355 e. The largest absolute Gasteiger partial charge is 0.391 e. The number of halogens is 3. The summed E-state index contributed by atoms with van der Waals surface area (Å²) in [6.07, 6.45) is -3.97. The standard InChI is InChI=1S/C10H17F3N2O3S/c11-10(12,13)8-3-1-7(2-4-8)9(16)15-5-6-19(14,17)18/h7-8H,1-6H2,(H,15,16)(H2,14,17,18). The van der Waals surface area contributed by atoms with Gasteiger partial charge in [-0.3, -0.25) is 4.79 Å². The van der Waals surface area contributed by atoms with Crippen molar-refractivity contribution in [3.63, 3.8) is 0 Å². The molecule has 1 rings (SSSR count). The van der Waals surface area contributed by atoms with E-state index in [0.717, 1.165) is 0 Å². The number of carbonyl (C=O) groups is 1. The molecule has 19 heavy (non-hydrogen) atoms. The third-order valence-corrected chi connectivity index (χ3v) is 4.02. The van der Waals surface area contributed by atoms with Gasteiger partial charge in [0.05, 0.1) is 11.7 Å². The third kappa shape index (κ3) is 5.77. The van der Waals surface area contributed by atoms with Gasteiger partial charge in [0.25, 0.3) is 0 Å². The second-order valence-corrected chi connectivity index (χ2v) is 6.48. The number of amides is 1. The van der Waals surface area contributed by atoms with Crippen LogP contribution in [0.2, 0.25) is 0 Å². The first-order valence-electron chi connectivity index (χ1n) is 5.94. The summed E-state index contributed by atoms with van der Waals surface area (Å²) in [5.74, 6) is -2.58. The van der Waals surface area contributed by atoms with Crippen molar-refractivity contribution in [1.29, 1.82) is 0 Å². The Labute approximate surface area is 109 Å². The number of hydrogen-bond donors (Lipinski definition) is 2. The van der Waals surface area contributed by atoms with E-state index in [9.17, 15) is 26.4 Å². The smallest absolute Gasteiger partial charge is 0.355 e. The molecule has 0 aromatic heterocycles. The number of alkyl halides is 3. The van der Waals surface area contributed by atoms with E-state index in [4.69, 9.17) is 5.14 Å². The van der Waals surface area contributed by atoms with E-state index >= 15 is 0 Å². The normalized spacial score (nSPS) is 25.1. The van der Waals surface area contributed by atoms with Crippen molar-refractivity contribution in [3.8, 4) is 0 Å². The van der Waals surface area contributed by atoms with Crippen LogP contribution in [0.15, 0.2) is 0 Å². The molecule has 0 bridgehead atoms. The van der Waals surface area contributed by atoms with Gasteiger partial charge in [-0.1, -0.05) is 0 Å². The molecule has 0 aromatic carbocycles. The molecule has 0 radical (unpaired) electrons. The first-order valence-corrected chi connectivity index (χ1v) is 7.66. The molecule has 0 heterocycles. The van der Waals surface area contributed by atoms with Crippen molar-refractivity contribution in [2.24, 2.45) is 17.0 Å². The fourth-order valence-corrected chi connectivity index (χ4v) is 2.53. The maximum absolute atomic E-state index is 12.4. The Morgan fingerprint density at radius 1 is 1.21 bits per heavy atom. The fourth-order valence-electron chi connectivity index (χ4n) is 2.14. The molecular weight excluding hydrogens is 285 g/mol. The van der Waals surface area contributed by atoms with Crippen LogP contribution in [-0.2, 0) is 14.8 Å². The predicted molar refractivity (Wildman–Crippen MR) is 62.5 cm³/mol. The summed E-state index contributed by atoms with van der Waals surface area (Å²) in [5, 5.41) is 7.15. The zero-order valence-electron chi connectivity index (χ0n) is 10.2.